The van der Waals surface area contributed by atoms with E-state index in [1.54, 1.807) is 12.1 Å². The van der Waals surface area contributed by atoms with E-state index in [-0.39, 0.29) is 23.6 Å². The highest BCUT2D eigenvalue weighted by atomic mass is 35.5. The first-order valence-electron chi connectivity index (χ1n) is 5.11. The Morgan fingerprint density at radius 2 is 1.94 bits per heavy atom. The topological polar surface area (TPSA) is 43.4 Å². The lowest BCUT2D eigenvalue weighted by atomic mass is 10.1. The fourth-order valence-corrected chi connectivity index (χ4v) is 2.06. The Kier molecular flexibility index (Phi) is 3.40. The van der Waals surface area contributed by atoms with Crippen LogP contribution in [0.25, 0.3) is 0 Å². The number of hydrogen-bond donors (Lipinski definition) is 0. The molecule has 0 saturated heterocycles. The fraction of sp³-hybridized carbons (Fsp3) is 0.333. The van der Waals surface area contributed by atoms with E-state index in [1.807, 2.05) is 0 Å². The van der Waals surface area contributed by atoms with E-state index < -0.39 is 0 Å². The van der Waals surface area contributed by atoms with Crippen LogP contribution in [0.3, 0.4) is 0 Å². The normalized spacial score (nSPS) is 22.1. The number of halogens is 2. The van der Waals surface area contributed by atoms with Crippen LogP contribution in [-0.4, -0.2) is 18.9 Å². The second-order valence-corrected chi connectivity index (χ2v) is 4.78. The van der Waals surface area contributed by atoms with E-state index in [9.17, 15) is 9.59 Å². The second-order valence-electron chi connectivity index (χ2n) is 3.96. The van der Waals surface area contributed by atoms with E-state index in [4.69, 9.17) is 23.2 Å². The minimum Gasteiger partial charge on any atom is -0.469 e. The van der Waals surface area contributed by atoms with Gasteiger partial charge in [0.25, 0.3) is 0 Å². The molecule has 0 spiro atoms. The molecule has 3 nitrogen and oxygen atoms in total. The van der Waals surface area contributed by atoms with E-state index in [0.29, 0.717) is 22.0 Å². The number of methoxy groups -OCH3 is 1. The van der Waals surface area contributed by atoms with Gasteiger partial charge < -0.3 is 4.74 Å². The number of carbonyl (C=O) groups excluding carboxylic acids is 2. The van der Waals surface area contributed by atoms with Crippen LogP contribution in [0, 0.1) is 11.8 Å². The van der Waals surface area contributed by atoms with Gasteiger partial charge in [-0.1, -0.05) is 23.2 Å². The molecule has 1 aromatic carbocycles. The van der Waals surface area contributed by atoms with E-state index in [0.717, 1.165) is 0 Å². The number of hydrogen-bond acceptors (Lipinski definition) is 3. The second kappa shape index (κ2) is 4.67. The summed E-state index contributed by atoms with van der Waals surface area (Å²) >= 11 is 11.6. The highest BCUT2D eigenvalue weighted by Gasteiger charge is 2.48. The molecule has 0 unspecified atom stereocenters. The van der Waals surface area contributed by atoms with Crippen molar-refractivity contribution in [3.63, 3.8) is 0 Å². The molecule has 0 radical (unpaired) electrons. The summed E-state index contributed by atoms with van der Waals surface area (Å²) in [6, 6.07) is 4.72. The van der Waals surface area contributed by atoms with Crippen LogP contribution in [0.15, 0.2) is 18.2 Å². The van der Waals surface area contributed by atoms with Crippen molar-refractivity contribution in [1.82, 2.24) is 0 Å². The number of ketones is 1. The smallest absolute Gasteiger partial charge is 0.309 e. The zero-order valence-corrected chi connectivity index (χ0v) is 10.6. The van der Waals surface area contributed by atoms with Crippen molar-refractivity contribution in [2.45, 2.75) is 6.42 Å². The van der Waals surface area contributed by atoms with Gasteiger partial charge in [0.2, 0.25) is 0 Å². The van der Waals surface area contributed by atoms with Crippen LogP contribution < -0.4 is 0 Å². The molecule has 1 aliphatic rings. The zero-order chi connectivity index (χ0) is 12.6. The molecule has 5 heteroatoms. The van der Waals surface area contributed by atoms with Gasteiger partial charge in [-0.15, -0.1) is 0 Å². The third-order valence-corrected chi connectivity index (χ3v) is 3.57. The summed E-state index contributed by atoms with van der Waals surface area (Å²) < 4.78 is 4.59. The summed E-state index contributed by atoms with van der Waals surface area (Å²) in [7, 11) is 1.32. The average molecular weight is 273 g/mol. The van der Waals surface area contributed by atoms with Gasteiger partial charge in [-0.05, 0) is 24.6 Å². The highest BCUT2D eigenvalue weighted by molar-refractivity contribution is 6.42. The summed E-state index contributed by atoms with van der Waals surface area (Å²) in [5.41, 5.74) is 0.482. The van der Waals surface area contributed by atoms with E-state index in [1.165, 1.54) is 13.2 Å². The van der Waals surface area contributed by atoms with Gasteiger partial charge in [0, 0.05) is 11.5 Å². The molecule has 1 saturated carbocycles. The molecule has 17 heavy (non-hydrogen) atoms. The first-order chi connectivity index (χ1) is 8.04. The molecule has 0 heterocycles. The summed E-state index contributed by atoms with van der Waals surface area (Å²) in [4.78, 5) is 23.2. The summed E-state index contributed by atoms with van der Waals surface area (Å²) in [5, 5.41) is 0.747. The molecular weight excluding hydrogens is 263 g/mol. The molecule has 1 aliphatic carbocycles. The maximum Gasteiger partial charge on any atom is 0.309 e. The fourth-order valence-electron chi connectivity index (χ4n) is 1.76. The van der Waals surface area contributed by atoms with Crippen LogP contribution in [0.5, 0.6) is 0 Å². The molecular formula is C12H10Cl2O3. The Balaban J connectivity index is 2.12. The predicted molar refractivity (Wildman–Crippen MR) is 64.4 cm³/mol. The van der Waals surface area contributed by atoms with Crippen LogP contribution in [-0.2, 0) is 9.53 Å². The first kappa shape index (κ1) is 12.4. The van der Waals surface area contributed by atoms with Gasteiger partial charge in [-0.25, -0.2) is 0 Å². The maximum absolute atomic E-state index is 12.0. The van der Waals surface area contributed by atoms with Crippen LogP contribution in [0.4, 0.5) is 0 Å². The van der Waals surface area contributed by atoms with Gasteiger partial charge in [-0.2, -0.15) is 0 Å². The van der Waals surface area contributed by atoms with E-state index >= 15 is 0 Å². The Labute approximate surface area is 109 Å². The van der Waals surface area contributed by atoms with Crippen molar-refractivity contribution in [1.29, 1.82) is 0 Å². The third kappa shape index (κ3) is 2.45. The number of esters is 1. The van der Waals surface area contributed by atoms with Crippen molar-refractivity contribution in [3.05, 3.63) is 33.8 Å². The number of Topliss-reactive ketones (excluding diaryl/α,β-unsaturated/α-hetero) is 1. The quantitative estimate of drug-likeness (QED) is 0.628. The van der Waals surface area contributed by atoms with Gasteiger partial charge in [0.05, 0.1) is 23.1 Å². The minimum atomic E-state index is -0.330. The van der Waals surface area contributed by atoms with Crippen LogP contribution in [0.2, 0.25) is 10.0 Å². The van der Waals surface area contributed by atoms with Crippen molar-refractivity contribution in [2.75, 3.05) is 7.11 Å². The van der Waals surface area contributed by atoms with Gasteiger partial charge in [0.1, 0.15) is 0 Å². The monoisotopic (exact) mass is 272 g/mol. The molecule has 0 aromatic heterocycles. The molecule has 0 aliphatic heterocycles. The van der Waals surface area contributed by atoms with Crippen molar-refractivity contribution in [3.8, 4) is 0 Å². The minimum absolute atomic E-state index is 0.0843. The number of rotatable bonds is 3. The van der Waals surface area contributed by atoms with Crippen molar-refractivity contribution < 1.29 is 14.3 Å². The average Bonchev–Trinajstić information content (AvgIpc) is 3.11. The lowest BCUT2D eigenvalue weighted by molar-refractivity contribution is -0.142. The standard InChI is InChI=1S/C12H10Cl2O3/c1-17-12(16)8-5-7(8)11(15)6-2-3-9(13)10(14)4-6/h2-4,7-8H,5H2,1H3/t7-,8-/m1/s1. The molecule has 0 bridgehead atoms. The Morgan fingerprint density at radius 3 is 2.53 bits per heavy atom. The van der Waals surface area contributed by atoms with Crippen molar-refractivity contribution in [2.24, 2.45) is 11.8 Å². The van der Waals surface area contributed by atoms with Gasteiger partial charge in [0.15, 0.2) is 5.78 Å². The Bertz CT molecular complexity index is 485. The predicted octanol–water partition coefficient (Wildman–Crippen LogP) is 2.99. The molecule has 1 fully saturated rings. The lowest BCUT2D eigenvalue weighted by Crippen LogP contribution is -2.10. The molecule has 0 amide bonds. The lowest BCUT2D eigenvalue weighted by Gasteiger charge is -2.02. The first-order valence-corrected chi connectivity index (χ1v) is 5.87. The largest absolute Gasteiger partial charge is 0.469 e. The van der Waals surface area contributed by atoms with Crippen LogP contribution in [0.1, 0.15) is 16.8 Å². The SMILES string of the molecule is COC(=O)[C@@H]1C[C@H]1C(=O)c1ccc(Cl)c(Cl)c1. The van der Waals surface area contributed by atoms with Crippen molar-refractivity contribution >= 4 is 35.0 Å². The van der Waals surface area contributed by atoms with E-state index in [2.05, 4.69) is 4.74 Å². The molecule has 1 aromatic rings. The molecule has 2 atom stereocenters. The number of benzene rings is 1. The number of carbonyl (C=O) groups is 2. The Hall–Kier alpha value is -1.06. The Morgan fingerprint density at radius 1 is 1.24 bits per heavy atom. The molecule has 90 valence electrons. The third-order valence-electron chi connectivity index (χ3n) is 2.84. The summed E-state index contributed by atoms with van der Waals surface area (Å²) in [6.07, 6.45) is 0.547. The summed E-state index contributed by atoms with van der Waals surface area (Å²) in [5.74, 6) is -0.996. The van der Waals surface area contributed by atoms with Crippen LogP contribution >= 0.6 is 23.2 Å². The molecule has 0 N–H and O–H groups in total. The number of ether oxygens (including phenoxy) is 1. The highest BCUT2D eigenvalue weighted by Crippen LogP contribution is 2.42. The zero-order valence-electron chi connectivity index (χ0n) is 9.07. The molecule has 2 rings (SSSR count). The maximum atomic E-state index is 12.0. The summed E-state index contributed by atoms with van der Waals surface area (Å²) in [6.45, 7) is 0. The van der Waals surface area contributed by atoms with Gasteiger partial charge >= 0.3 is 5.97 Å². The van der Waals surface area contributed by atoms with Gasteiger partial charge in [-0.3, -0.25) is 9.59 Å².